The average Bonchev–Trinajstić information content (AvgIpc) is 3.48. The van der Waals surface area contributed by atoms with E-state index >= 15 is 0 Å². The summed E-state index contributed by atoms with van der Waals surface area (Å²) in [6.07, 6.45) is 4.25. The summed E-state index contributed by atoms with van der Waals surface area (Å²) in [6, 6.07) is 12.1. The Morgan fingerprint density at radius 1 is 1.00 bits per heavy atom. The molecule has 154 valence electrons. The van der Waals surface area contributed by atoms with Gasteiger partial charge in [-0.25, -0.2) is 0 Å². The summed E-state index contributed by atoms with van der Waals surface area (Å²) in [5.41, 5.74) is 1.42. The van der Waals surface area contributed by atoms with Crippen LogP contribution in [0.3, 0.4) is 0 Å². The zero-order valence-corrected chi connectivity index (χ0v) is 17.0. The molecule has 2 N–H and O–H groups in total. The molecule has 0 spiro atoms. The molecule has 0 bridgehead atoms. The zero-order valence-electron chi connectivity index (χ0n) is 16.2. The molecular formula is C22H21N3O4S. The number of thiophene rings is 1. The van der Waals surface area contributed by atoms with Crippen LogP contribution in [0.1, 0.15) is 43.2 Å². The van der Waals surface area contributed by atoms with Crippen LogP contribution in [0.2, 0.25) is 0 Å². The highest BCUT2D eigenvalue weighted by atomic mass is 32.1. The SMILES string of the molecule is O=C(Nc1ccccc1C(=O)NC1CCN(C(=O)c2ccoc2)CC1)c1cccs1. The molecule has 0 atom stereocenters. The third-order valence-electron chi connectivity index (χ3n) is 5.05. The normalized spacial score (nSPS) is 14.3. The summed E-state index contributed by atoms with van der Waals surface area (Å²) >= 11 is 1.34. The van der Waals surface area contributed by atoms with Crippen molar-refractivity contribution in [3.8, 4) is 0 Å². The Morgan fingerprint density at radius 3 is 2.50 bits per heavy atom. The highest BCUT2D eigenvalue weighted by molar-refractivity contribution is 7.12. The van der Waals surface area contributed by atoms with Gasteiger partial charge in [-0.05, 0) is 42.5 Å². The smallest absolute Gasteiger partial charge is 0.265 e. The quantitative estimate of drug-likeness (QED) is 0.656. The number of likely N-dealkylation sites (tertiary alicyclic amines) is 1. The molecule has 0 saturated carbocycles. The van der Waals surface area contributed by atoms with Gasteiger partial charge >= 0.3 is 0 Å². The number of anilines is 1. The summed E-state index contributed by atoms with van der Waals surface area (Å²) < 4.78 is 4.98. The summed E-state index contributed by atoms with van der Waals surface area (Å²) in [7, 11) is 0. The van der Waals surface area contributed by atoms with Crippen molar-refractivity contribution in [1.82, 2.24) is 10.2 Å². The second kappa shape index (κ2) is 8.96. The van der Waals surface area contributed by atoms with Gasteiger partial charge in [0.05, 0.1) is 28.0 Å². The predicted octanol–water partition coefficient (Wildman–Crippen LogP) is 3.63. The van der Waals surface area contributed by atoms with Gasteiger partial charge in [0, 0.05) is 19.1 Å². The lowest BCUT2D eigenvalue weighted by atomic mass is 10.0. The van der Waals surface area contributed by atoms with Gasteiger partial charge in [0.1, 0.15) is 6.26 Å². The molecule has 1 aliphatic heterocycles. The lowest BCUT2D eigenvalue weighted by molar-refractivity contribution is 0.0697. The van der Waals surface area contributed by atoms with E-state index in [0.29, 0.717) is 47.6 Å². The molecule has 1 aromatic carbocycles. The molecule has 1 aliphatic rings. The third kappa shape index (κ3) is 4.44. The summed E-state index contributed by atoms with van der Waals surface area (Å²) in [5.74, 6) is -0.539. The van der Waals surface area contributed by atoms with Crippen molar-refractivity contribution in [2.24, 2.45) is 0 Å². The molecule has 1 fully saturated rings. The van der Waals surface area contributed by atoms with E-state index < -0.39 is 0 Å². The van der Waals surface area contributed by atoms with Gasteiger partial charge in [-0.3, -0.25) is 14.4 Å². The minimum atomic E-state index is -0.240. The van der Waals surface area contributed by atoms with E-state index in [9.17, 15) is 14.4 Å². The minimum Gasteiger partial charge on any atom is -0.472 e. The van der Waals surface area contributed by atoms with Gasteiger partial charge in [-0.2, -0.15) is 0 Å². The van der Waals surface area contributed by atoms with Crippen molar-refractivity contribution in [2.45, 2.75) is 18.9 Å². The van der Waals surface area contributed by atoms with Crippen LogP contribution in [0.5, 0.6) is 0 Å². The lowest BCUT2D eigenvalue weighted by Crippen LogP contribution is -2.46. The molecule has 0 aliphatic carbocycles. The number of hydrogen-bond acceptors (Lipinski definition) is 5. The number of nitrogens with one attached hydrogen (secondary N) is 2. The van der Waals surface area contributed by atoms with E-state index in [-0.39, 0.29) is 23.8 Å². The lowest BCUT2D eigenvalue weighted by Gasteiger charge is -2.32. The maximum atomic E-state index is 12.9. The molecule has 30 heavy (non-hydrogen) atoms. The van der Waals surface area contributed by atoms with Gasteiger partial charge < -0.3 is 20.0 Å². The molecule has 0 unspecified atom stereocenters. The Kier molecular flexibility index (Phi) is 5.94. The van der Waals surface area contributed by atoms with E-state index in [1.54, 1.807) is 41.3 Å². The van der Waals surface area contributed by atoms with Crippen LogP contribution < -0.4 is 10.6 Å². The zero-order chi connectivity index (χ0) is 20.9. The topological polar surface area (TPSA) is 91.7 Å². The van der Waals surface area contributed by atoms with Crippen molar-refractivity contribution >= 4 is 34.7 Å². The minimum absolute atomic E-state index is 0.0352. The highest BCUT2D eigenvalue weighted by Crippen LogP contribution is 2.20. The fraction of sp³-hybridized carbons (Fsp3) is 0.227. The average molecular weight is 423 g/mol. The second-order valence-electron chi connectivity index (χ2n) is 7.03. The molecule has 3 aromatic rings. The van der Waals surface area contributed by atoms with Crippen LogP contribution in [-0.4, -0.2) is 41.8 Å². The van der Waals surface area contributed by atoms with Gasteiger partial charge in [0.15, 0.2) is 0 Å². The Bertz CT molecular complexity index is 1020. The fourth-order valence-corrected chi connectivity index (χ4v) is 4.06. The first-order valence-electron chi connectivity index (χ1n) is 9.68. The van der Waals surface area contributed by atoms with Crippen LogP contribution in [0.4, 0.5) is 5.69 Å². The van der Waals surface area contributed by atoms with Crippen molar-refractivity contribution in [3.05, 3.63) is 76.4 Å². The number of para-hydroxylation sites is 1. The Morgan fingerprint density at radius 2 is 1.80 bits per heavy atom. The first kappa shape index (κ1) is 19.9. The Labute approximate surface area is 177 Å². The summed E-state index contributed by atoms with van der Waals surface area (Å²) in [5, 5.41) is 7.68. The number of carbonyl (C=O) groups excluding carboxylic acids is 3. The van der Waals surface area contributed by atoms with E-state index in [1.807, 2.05) is 11.4 Å². The van der Waals surface area contributed by atoms with Gasteiger partial charge in [0.25, 0.3) is 17.7 Å². The van der Waals surface area contributed by atoms with E-state index in [2.05, 4.69) is 10.6 Å². The first-order valence-corrected chi connectivity index (χ1v) is 10.6. The highest BCUT2D eigenvalue weighted by Gasteiger charge is 2.26. The maximum absolute atomic E-state index is 12.9. The summed E-state index contributed by atoms with van der Waals surface area (Å²) in [4.78, 5) is 40.0. The molecule has 8 heteroatoms. The number of benzene rings is 1. The number of carbonyl (C=O) groups is 3. The van der Waals surface area contributed by atoms with Crippen LogP contribution in [0.25, 0.3) is 0 Å². The van der Waals surface area contributed by atoms with Gasteiger partial charge in [0.2, 0.25) is 0 Å². The molecule has 3 heterocycles. The Balaban J connectivity index is 1.36. The molecule has 1 saturated heterocycles. The Hall–Kier alpha value is -3.39. The van der Waals surface area contributed by atoms with Gasteiger partial charge in [-0.15, -0.1) is 11.3 Å². The van der Waals surface area contributed by atoms with Crippen LogP contribution >= 0.6 is 11.3 Å². The summed E-state index contributed by atoms with van der Waals surface area (Å²) in [6.45, 7) is 1.12. The van der Waals surface area contributed by atoms with Crippen LogP contribution in [0, 0.1) is 0 Å². The van der Waals surface area contributed by atoms with E-state index in [1.165, 1.54) is 23.9 Å². The number of hydrogen-bond donors (Lipinski definition) is 2. The number of furan rings is 1. The number of nitrogens with zero attached hydrogens (tertiary/aromatic N) is 1. The molecular weight excluding hydrogens is 402 g/mol. The van der Waals surface area contributed by atoms with E-state index in [4.69, 9.17) is 4.42 Å². The standard InChI is InChI=1S/C22H21N3O4S/c26-20(17-4-1-2-5-18(17)24-21(27)19-6-3-13-30-19)23-16-7-10-25(11-8-16)22(28)15-9-12-29-14-15/h1-6,9,12-14,16H,7-8,10-11H2,(H,23,26)(H,24,27). The van der Waals surface area contributed by atoms with Crippen molar-refractivity contribution in [2.75, 3.05) is 18.4 Å². The van der Waals surface area contributed by atoms with E-state index in [0.717, 1.165) is 0 Å². The largest absolute Gasteiger partial charge is 0.472 e. The number of rotatable bonds is 5. The van der Waals surface area contributed by atoms with Crippen LogP contribution in [0.15, 0.2) is 64.8 Å². The van der Waals surface area contributed by atoms with Crippen molar-refractivity contribution in [3.63, 3.8) is 0 Å². The number of piperidine rings is 1. The van der Waals surface area contributed by atoms with Gasteiger partial charge in [-0.1, -0.05) is 18.2 Å². The molecule has 2 aromatic heterocycles. The molecule has 7 nitrogen and oxygen atoms in total. The number of amides is 3. The predicted molar refractivity (Wildman–Crippen MR) is 114 cm³/mol. The van der Waals surface area contributed by atoms with Crippen LogP contribution in [-0.2, 0) is 0 Å². The first-order chi connectivity index (χ1) is 14.6. The molecule has 4 rings (SSSR count). The molecule has 3 amide bonds. The monoisotopic (exact) mass is 423 g/mol. The van der Waals surface area contributed by atoms with Crippen molar-refractivity contribution < 1.29 is 18.8 Å². The maximum Gasteiger partial charge on any atom is 0.265 e. The second-order valence-corrected chi connectivity index (χ2v) is 7.98. The molecule has 0 radical (unpaired) electrons. The third-order valence-corrected chi connectivity index (χ3v) is 5.92. The van der Waals surface area contributed by atoms with Crippen molar-refractivity contribution in [1.29, 1.82) is 0 Å². The fourth-order valence-electron chi connectivity index (χ4n) is 3.44.